The fourth-order valence-electron chi connectivity index (χ4n) is 2.74. The largest absolute Gasteiger partial charge is 0.301 e. The number of rotatable bonds is 4. The van der Waals surface area contributed by atoms with E-state index in [-0.39, 0.29) is 5.78 Å². The minimum Gasteiger partial charge on any atom is -0.301 e. The van der Waals surface area contributed by atoms with Crippen molar-refractivity contribution in [2.75, 3.05) is 6.54 Å². The molecule has 1 fully saturated rings. The Bertz CT molecular complexity index is 432. The molecule has 0 aromatic heterocycles. The van der Waals surface area contributed by atoms with Crippen LogP contribution in [0.5, 0.6) is 0 Å². The van der Waals surface area contributed by atoms with E-state index in [1.54, 1.807) is 0 Å². The van der Waals surface area contributed by atoms with Crippen LogP contribution in [0.3, 0.4) is 0 Å². The van der Waals surface area contributed by atoms with E-state index in [9.17, 15) is 4.79 Å². The van der Waals surface area contributed by atoms with Crippen LogP contribution in [0.4, 0.5) is 0 Å². The monoisotopic (exact) mass is 265 g/mol. The zero-order valence-corrected chi connectivity index (χ0v) is 11.6. The van der Waals surface area contributed by atoms with E-state index in [0.717, 1.165) is 37.8 Å². The molecule has 18 heavy (non-hydrogen) atoms. The van der Waals surface area contributed by atoms with Gasteiger partial charge in [0.25, 0.3) is 0 Å². The Kier molecular flexibility index (Phi) is 4.41. The van der Waals surface area contributed by atoms with Gasteiger partial charge >= 0.3 is 0 Å². The highest BCUT2D eigenvalue weighted by molar-refractivity contribution is 6.31. The van der Waals surface area contributed by atoms with Crippen molar-refractivity contribution in [3.8, 4) is 0 Å². The molecule has 1 aliphatic rings. The van der Waals surface area contributed by atoms with E-state index >= 15 is 0 Å². The van der Waals surface area contributed by atoms with Gasteiger partial charge in [-0.15, -0.1) is 0 Å². The molecule has 0 heterocycles. The first-order valence-electron chi connectivity index (χ1n) is 6.74. The molecule has 2 nitrogen and oxygen atoms in total. The van der Waals surface area contributed by atoms with Crippen molar-refractivity contribution in [1.82, 2.24) is 5.32 Å². The van der Waals surface area contributed by atoms with Crippen molar-refractivity contribution in [2.24, 2.45) is 0 Å². The summed E-state index contributed by atoms with van der Waals surface area (Å²) >= 11 is 6.30. The second-order valence-electron chi connectivity index (χ2n) is 4.94. The summed E-state index contributed by atoms with van der Waals surface area (Å²) in [6, 6.07) is 7.72. The number of halogens is 1. The molecule has 0 saturated heterocycles. The number of nitrogens with one attached hydrogen (secondary N) is 1. The fourth-order valence-corrected chi connectivity index (χ4v) is 3.04. The van der Waals surface area contributed by atoms with Crippen LogP contribution in [-0.4, -0.2) is 12.3 Å². The van der Waals surface area contributed by atoms with E-state index in [0.29, 0.717) is 11.4 Å². The van der Waals surface area contributed by atoms with Crippen LogP contribution >= 0.6 is 11.6 Å². The Hall–Kier alpha value is -0.860. The lowest BCUT2D eigenvalue weighted by atomic mass is 9.75. The summed E-state index contributed by atoms with van der Waals surface area (Å²) in [5, 5.41) is 4.15. The second kappa shape index (κ2) is 5.85. The molecular formula is C15H20ClNO. The SMILES string of the molecule is CCCNC1(c2ccccc2Cl)CCCCC1=O. The highest BCUT2D eigenvalue weighted by Crippen LogP contribution is 2.37. The summed E-state index contributed by atoms with van der Waals surface area (Å²) in [6.45, 7) is 2.96. The zero-order chi connectivity index (χ0) is 13.0. The molecule has 0 amide bonds. The minimum absolute atomic E-state index is 0.287. The molecule has 0 radical (unpaired) electrons. The van der Waals surface area contributed by atoms with Gasteiger partial charge in [-0.3, -0.25) is 4.79 Å². The van der Waals surface area contributed by atoms with E-state index in [1.807, 2.05) is 24.3 Å². The number of carbonyl (C=O) groups excluding carboxylic acids is 1. The van der Waals surface area contributed by atoms with Crippen LogP contribution in [0.1, 0.15) is 44.6 Å². The predicted octanol–water partition coefficient (Wildman–Crippen LogP) is 3.68. The highest BCUT2D eigenvalue weighted by atomic mass is 35.5. The quantitative estimate of drug-likeness (QED) is 0.900. The van der Waals surface area contributed by atoms with Gasteiger partial charge in [0.15, 0.2) is 5.78 Å². The fraction of sp³-hybridized carbons (Fsp3) is 0.533. The lowest BCUT2D eigenvalue weighted by molar-refractivity contribution is -0.128. The van der Waals surface area contributed by atoms with Crippen molar-refractivity contribution in [1.29, 1.82) is 0 Å². The topological polar surface area (TPSA) is 29.1 Å². The Morgan fingerprint density at radius 1 is 1.33 bits per heavy atom. The van der Waals surface area contributed by atoms with Gasteiger partial charge in [-0.2, -0.15) is 0 Å². The average Bonchev–Trinajstić information content (AvgIpc) is 2.39. The number of hydrogen-bond acceptors (Lipinski definition) is 2. The molecule has 1 unspecified atom stereocenters. The highest BCUT2D eigenvalue weighted by Gasteiger charge is 2.41. The van der Waals surface area contributed by atoms with Gasteiger partial charge in [0.05, 0.1) is 0 Å². The third kappa shape index (κ3) is 2.45. The van der Waals surface area contributed by atoms with Crippen LogP contribution in [0.2, 0.25) is 5.02 Å². The zero-order valence-electron chi connectivity index (χ0n) is 10.8. The number of carbonyl (C=O) groups is 1. The Morgan fingerprint density at radius 3 is 2.78 bits per heavy atom. The third-order valence-electron chi connectivity index (χ3n) is 3.69. The molecule has 98 valence electrons. The second-order valence-corrected chi connectivity index (χ2v) is 5.35. The Balaban J connectivity index is 2.41. The van der Waals surface area contributed by atoms with Gasteiger partial charge in [-0.1, -0.05) is 43.1 Å². The smallest absolute Gasteiger partial charge is 0.157 e. The van der Waals surface area contributed by atoms with Gasteiger partial charge in [-0.25, -0.2) is 0 Å². The molecule has 3 heteroatoms. The van der Waals surface area contributed by atoms with Crippen LogP contribution in [0.25, 0.3) is 0 Å². The molecule has 0 aliphatic heterocycles. The first-order chi connectivity index (χ1) is 8.70. The molecule has 1 aromatic rings. The number of Topliss-reactive ketones (excluding diaryl/α,β-unsaturated/α-hetero) is 1. The van der Waals surface area contributed by atoms with E-state index in [4.69, 9.17) is 11.6 Å². The maximum atomic E-state index is 12.5. The van der Waals surface area contributed by atoms with E-state index in [2.05, 4.69) is 12.2 Å². The normalized spacial score (nSPS) is 24.2. The maximum Gasteiger partial charge on any atom is 0.157 e. The third-order valence-corrected chi connectivity index (χ3v) is 4.02. The summed E-state index contributed by atoms with van der Waals surface area (Å²) in [7, 11) is 0. The predicted molar refractivity (Wildman–Crippen MR) is 74.9 cm³/mol. The summed E-state index contributed by atoms with van der Waals surface area (Å²) < 4.78 is 0. The van der Waals surface area contributed by atoms with Crippen LogP contribution < -0.4 is 5.32 Å². The van der Waals surface area contributed by atoms with Crippen LogP contribution in [0.15, 0.2) is 24.3 Å². The number of benzene rings is 1. The van der Waals surface area contributed by atoms with Crippen molar-refractivity contribution in [2.45, 2.75) is 44.6 Å². The molecule has 1 aromatic carbocycles. The molecule has 1 saturated carbocycles. The lowest BCUT2D eigenvalue weighted by Crippen LogP contribution is -2.51. The van der Waals surface area contributed by atoms with Crippen molar-refractivity contribution < 1.29 is 4.79 Å². The molecule has 1 aliphatic carbocycles. The number of hydrogen-bond donors (Lipinski definition) is 1. The van der Waals surface area contributed by atoms with Crippen LogP contribution in [-0.2, 0) is 10.3 Å². The van der Waals surface area contributed by atoms with Gasteiger partial charge in [0, 0.05) is 11.4 Å². The molecule has 2 rings (SSSR count). The molecular weight excluding hydrogens is 246 g/mol. The average molecular weight is 266 g/mol. The summed E-state index contributed by atoms with van der Waals surface area (Å²) in [6.07, 6.45) is 4.60. The number of ketones is 1. The molecule has 1 atom stereocenters. The van der Waals surface area contributed by atoms with Crippen LogP contribution in [0, 0.1) is 0 Å². The van der Waals surface area contributed by atoms with Crippen molar-refractivity contribution in [3.63, 3.8) is 0 Å². The molecule has 0 spiro atoms. The Labute approximate surface area is 114 Å². The molecule has 0 bridgehead atoms. The van der Waals surface area contributed by atoms with E-state index < -0.39 is 5.54 Å². The summed E-state index contributed by atoms with van der Waals surface area (Å²) in [5.41, 5.74) is 0.400. The van der Waals surface area contributed by atoms with E-state index in [1.165, 1.54) is 0 Å². The Morgan fingerprint density at radius 2 is 2.11 bits per heavy atom. The van der Waals surface area contributed by atoms with Gasteiger partial charge < -0.3 is 5.32 Å². The van der Waals surface area contributed by atoms with Gasteiger partial charge in [0.2, 0.25) is 0 Å². The van der Waals surface area contributed by atoms with Gasteiger partial charge in [0.1, 0.15) is 5.54 Å². The maximum absolute atomic E-state index is 12.5. The summed E-state index contributed by atoms with van der Waals surface area (Å²) in [5.74, 6) is 0.287. The molecule has 1 N–H and O–H groups in total. The van der Waals surface area contributed by atoms with Crippen molar-refractivity contribution >= 4 is 17.4 Å². The van der Waals surface area contributed by atoms with Gasteiger partial charge in [-0.05, 0) is 37.4 Å². The summed E-state index contributed by atoms with van der Waals surface area (Å²) in [4.78, 5) is 12.5. The first kappa shape index (κ1) is 13.6. The minimum atomic E-state index is -0.549. The lowest BCUT2D eigenvalue weighted by Gasteiger charge is -2.37. The first-order valence-corrected chi connectivity index (χ1v) is 7.12. The van der Waals surface area contributed by atoms with Crippen molar-refractivity contribution in [3.05, 3.63) is 34.9 Å². The standard InChI is InChI=1S/C15H20ClNO/c1-2-11-17-15(10-6-5-9-14(15)18)12-7-3-4-8-13(12)16/h3-4,7-8,17H,2,5-6,9-11H2,1H3.